The molecule has 0 unspecified atom stereocenters. The monoisotopic (exact) mass is 514 g/mol. The lowest BCUT2D eigenvalue weighted by atomic mass is 9.58. The molecule has 2 aromatic carbocycles. The number of ketones is 2. The number of Topliss-reactive ketones (excluding diaryl/α,β-unsaturated/α-hetero) is 2. The lowest BCUT2D eigenvalue weighted by molar-refractivity contribution is -0.131. The second-order valence-electron chi connectivity index (χ2n) is 13.5. The summed E-state index contributed by atoms with van der Waals surface area (Å²) in [6, 6.07) is 13.4. The van der Waals surface area contributed by atoms with Gasteiger partial charge in [0.1, 0.15) is 11.6 Å². The van der Waals surface area contributed by atoms with E-state index in [1.54, 1.807) is 0 Å². The Bertz CT molecular complexity index is 1120. The molecule has 4 nitrogen and oxygen atoms in total. The third-order valence-electron chi connectivity index (χ3n) is 10.0. The Morgan fingerprint density at radius 3 is 1.34 bits per heavy atom. The van der Waals surface area contributed by atoms with Crippen LogP contribution >= 0.6 is 0 Å². The Labute approximate surface area is 229 Å². The van der Waals surface area contributed by atoms with Crippen molar-refractivity contribution >= 4 is 11.6 Å². The predicted octanol–water partition coefficient (Wildman–Crippen LogP) is 5.71. The summed E-state index contributed by atoms with van der Waals surface area (Å²) >= 11 is 0. The van der Waals surface area contributed by atoms with Crippen LogP contribution in [0.15, 0.2) is 36.4 Å². The molecule has 2 aromatic rings. The average molecular weight is 515 g/mol. The van der Waals surface area contributed by atoms with Crippen molar-refractivity contribution in [2.75, 3.05) is 39.3 Å². The van der Waals surface area contributed by atoms with Crippen LogP contribution in [0.5, 0.6) is 0 Å². The molecule has 1 saturated heterocycles. The fourth-order valence-corrected chi connectivity index (χ4v) is 7.53. The first kappa shape index (κ1) is 27.3. The van der Waals surface area contributed by atoms with Crippen molar-refractivity contribution in [1.29, 1.82) is 0 Å². The molecule has 4 heteroatoms. The predicted molar refractivity (Wildman–Crippen MR) is 155 cm³/mol. The Morgan fingerprint density at radius 1 is 0.658 bits per heavy atom. The van der Waals surface area contributed by atoms with Gasteiger partial charge >= 0.3 is 0 Å². The quantitative estimate of drug-likeness (QED) is 0.452. The molecule has 5 rings (SSSR count). The average Bonchev–Trinajstić information content (AvgIpc) is 2.84. The highest BCUT2D eigenvalue weighted by Crippen LogP contribution is 2.50. The number of carbonyl (C=O) groups excluding carboxylic acids is 2. The second-order valence-corrected chi connectivity index (χ2v) is 13.5. The Balaban J connectivity index is 1.04. The zero-order chi connectivity index (χ0) is 27.2. The van der Waals surface area contributed by atoms with E-state index in [2.05, 4.69) is 87.7 Å². The van der Waals surface area contributed by atoms with Crippen molar-refractivity contribution < 1.29 is 9.59 Å². The highest BCUT2D eigenvalue weighted by Gasteiger charge is 2.47. The lowest BCUT2D eigenvalue weighted by Gasteiger charge is -2.47. The minimum absolute atomic E-state index is 0.130. The van der Waals surface area contributed by atoms with E-state index in [9.17, 15) is 9.59 Å². The smallest absolute Gasteiger partial charge is 0.149 e. The van der Waals surface area contributed by atoms with Gasteiger partial charge in [0, 0.05) is 38.0 Å². The molecule has 0 atom stereocenters. The molecule has 2 saturated carbocycles. The largest absolute Gasteiger partial charge is 0.298 e. The van der Waals surface area contributed by atoms with Crippen LogP contribution in [0.3, 0.4) is 0 Å². The Morgan fingerprint density at radius 2 is 1.00 bits per heavy atom. The molecule has 2 aliphatic carbocycles. The molecule has 38 heavy (non-hydrogen) atoms. The molecular weight excluding hydrogens is 468 g/mol. The number of rotatable bonds is 8. The minimum atomic E-state index is 0.130. The van der Waals surface area contributed by atoms with Crippen LogP contribution in [0.25, 0.3) is 0 Å². The highest BCUT2D eigenvalue weighted by molar-refractivity contribution is 5.85. The van der Waals surface area contributed by atoms with Gasteiger partial charge in [0.15, 0.2) is 0 Å². The van der Waals surface area contributed by atoms with Crippen molar-refractivity contribution in [3.63, 3.8) is 0 Å². The van der Waals surface area contributed by atoms with Gasteiger partial charge in [0.25, 0.3) is 0 Å². The van der Waals surface area contributed by atoms with Crippen molar-refractivity contribution in [3.05, 3.63) is 69.8 Å². The molecule has 1 heterocycles. The molecule has 0 amide bonds. The molecule has 0 aromatic heterocycles. The highest BCUT2D eigenvalue weighted by atomic mass is 16.1. The number of hydrogen-bond acceptors (Lipinski definition) is 4. The first-order valence-electron chi connectivity index (χ1n) is 14.6. The van der Waals surface area contributed by atoms with Crippen LogP contribution in [-0.2, 0) is 20.4 Å². The summed E-state index contributed by atoms with van der Waals surface area (Å²) in [6.07, 6.45) is 3.86. The number of benzene rings is 2. The summed E-state index contributed by atoms with van der Waals surface area (Å²) < 4.78 is 0. The fourth-order valence-electron chi connectivity index (χ4n) is 7.53. The summed E-state index contributed by atoms with van der Waals surface area (Å²) in [7, 11) is 0. The van der Waals surface area contributed by atoms with Gasteiger partial charge in [-0.1, -0.05) is 61.4 Å². The third kappa shape index (κ3) is 5.40. The number of hydrogen-bond donors (Lipinski definition) is 0. The van der Waals surface area contributed by atoms with Gasteiger partial charge in [-0.15, -0.1) is 0 Å². The van der Waals surface area contributed by atoms with Crippen LogP contribution < -0.4 is 0 Å². The van der Waals surface area contributed by atoms with Gasteiger partial charge in [0.05, 0.1) is 13.1 Å². The van der Waals surface area contributed by atoms with Crippen LogP contribution in [0, 0.1) is 39.5 Å². The Kier molecular flexibility index (Phi) is 7.43. The van der Waals surface area contributed by atoms with Crippen LogP contribution in [-0.4, -0.2) is 60.6 Å². The molecule has 0 spiro atoms. The number of nitrogens with zero attached hydrogens (tertiary/aromatic N) is 2. The van der Waals surface area contributed by atoms with E-state index >= 15 is 0 Å². The molecular formula is C34H46N2O2. The zero-order valence-electron chi connectivity index (χ0n) is 24.4. The first-order valence-corrected chi connectivity index (χ1v) is 14.6. The summed E-state index contributed by atoms with van der Waals surface area (Å²) in [5.41, 5.74) is 8.37. The van der Waals surface area contributed by atoms with Gasteiger partial charge < -0.3 is 0 Å². The molecule has 3 aliphatic rings. The van der Waals surface area contributed by atoms with Crippen LogP contribution in [0.1, 0.15) is 72.9 Å². The van der Waals surface area contributed by atoms with E-state index < -0.39 is 0 Å². The van der Waals surface area contributed by atoms with E-state index in [4.69, 9.17) is 0 Å². The molecule has 0 radical (unpaired) electrons. The van der Waals surface area contributed by atoms with Crippen molar-refractivity contribution in [2.24, 2.45) is 11.8 Å². The van der Waals surface area contributed by atoms with E-state index in [-0.39, 0.29) is 22.7 Å². The van der Waals surface area contributed by atoms with Gasteiger partial charge in [-0.3, -0.25) is 19.4 Å². The zero-order valence-corrected chi connectivity index (χ0v) is 24.4. The SMILES string of the molecule is Cc1ccc(C)c(C2(C)CC(C(=O)CN3CCN(CC(=O)C4CC(C)(c5cc(C)ccc5C)C4)CC3)C2)c1. The van der Waals surface area contributed by atoms with E-state index in [0.717, 1.165) is 51.9 Å². The van der Waals surface area contributed by atoms with E-state index in [0.29, 0.717) is 24.7 Å². The maximum absolute atomic E-state index is 13.1. The van der Waals surface area contributed by atoms with E-state index in [1.807, 2.05) is 0 Å². The topological polar surface area (TPSA) is 40.6 Å². The summed E-state index contributed by atoms with van der Waals surface area (Å²) in [6.45, 7) is 18.0. The lowest BCUT2D eigenvalue weighted by Crippen LogP contribution is -2.53. The Hall–Kier alpha value is -2.30. The standard InChI is InChI=1S/C34H46N2O2/c1-23-7-9-25(3)29(15-23)33(5)17-27(18-33)31(37)21-35-11-13-36(14-12-35)22-32(38)28-19-34(6,20-28)30-16-24(2)8-10-26(30)4/h7-10,15-16,27-28H,11-14,17-22H2,1-6H3. The molecule has 3 fully saturated rings. The van der Waals surface area contributed by atoms with Crippen molar-refractivity contribution in [1.82, 2.24) is 9.80 Å². The van der Waals surface area contributed by atoms with Gasteiger partial charge in [-0.05, 0) is 86.5 Å². The summed E-state index contributed by atoms with van der Waals surface area (Å²) in [4.78, 5) is 30.8. The first-order chi connectivity index (χ1) is 18.0. The second kappa shape index (κ2) is 10.4. The number of piperazine rings is 1. The molecule has 0 N–H and O–H groups in total. The van der Waals surface area contributed by atoms with Gasteiger partial charge in [0.2, 0.25) is 0 Å². The summed E-state index contributed by atoms with van der Waals surface area (Å²) in [5.74, 6) is 1.17. The van der Waals surface area contributed by atoms with Crippen molar-refractivity contribution in [3.8, 4) is 0 Å². The number of carbonyl (C=O) groups is 2. The maximum Gasteiger partial charge on any atom is 0.149 e. The number of aryl methyl sites for hydroxylation is 4. The third-order valence-corrected chi connectivity index (χ3v) is 10.0. The van der Waals surface area contributed by atoms with Gasteiger partial charge in [-0.25, -0.2) is 0 Å². The fraction of sp³-hybridized carbons (Fsp3) is 0.588. The van der Waals surface area contributed by atoms with E-state index in [1.165, 1.54) is 33.4 Å². The molecule has 1 aliphatic heterocycles. The normalized spacial score (nSPS) is 29.9. The van der Waals surface area contributed by atoms with Crippen LogP contribution in [0.4, 0.5) is 0 Å². The maximum atomic E-state index is 13.1. The summed E-state index contributed by atoms with van der Waals surface area (Å²) in [5, 5.41) is 0. The van der Waals surface area contributed by atoms with Crippen LogP contribution in [0.2, 0.25) is 0 Å². The van der Waals surface area contributed by atoms with Crippen molar-refractivity contribution in [2.45, 2.75) is 78.1 Å². The minimum Gasteiger partial charge on any atom is -0.298 e. The molecule has 0 bridgehead atoms. The van der Waals surface area contributed by atoms with Gasteiger partial charge in [-0.2, -0.15) is 0 Å². The molecule has 204 valence electrons.